The largest absolute Gasteiger partial charge is 0.381 e. The molecule has 90 valence electrons. The summed E-state index contributed by atoms with van der Waals surface area (Å²) in [6.45, 7) is 4.77. The van der Waals surface area contributed by atoms with E-state index < -0.39 is 0 Å². The quantitative estimate of drug-likeness (QED) is 0.700. The number of rotatable bonds is 5. The Bertz CT molecular complexity index is 179. The van der Waals surface area contributed by atoms with Crippen molar-refractivity contribution in [3.8, 4) is 0 Å². The Balaban J connectivity index is 2.25. The lowest BCUT2D eigenvalue weighted by Gasteiger charge is -2.37. The molecule has 15 heavy (non-hydrogen) atoms. The van der Waals surface area contributed by atoms with Gasteiger partial charge >= 0.3 is 0 Å². The summed E-state index contributed by atoms with van der Waals surface area (Å²) in [5.41, 5.74) is 6.30. The molecule has 0 amide bonds. The van der Waals surface area contributed by atoms with Crippen LogP contribution in [0.15, 0.2) is 0 Å². The average Bonchev–Trinajstić information content (AvgIpc) is 2.15. The molecule has 1 aliphatic rings. The molecular formula is C11H25N3O. The van der Waals surface area contributed by atoms with Gasteiger partial charge in [0.1, 0.15) is 0 Å². The minimum absolute atomic E-state index is 0.0285. The van der Waals surface area contributed by atoms with Gasteiger partial charge in [-0.25, -0.2) is 0 Å². The number of likely N-dealkylation sites (N-methyl/N-ethyl adjacent to an activating group) is 2. The molecular weight excluding hydrogens is 190 g/mol. The second-order valence-electron chi connectivity index (χ2n) is 5.02. The first-order chi connectivity index (χ1) is 7.02. The van der Waals surface area contributed by atoms with Crippen LogP contribution in [0.3, 0.4) is 0 Å². The summed E-state index contributed by atoms with van der Waals surface area (Å²) in [4.78, 5) is 4.52. The number of hydrogen-bond acceptors (Lipinski definition) is 4. The molecule has 1 fully saturated rings. The second kappa shape index (κ2) is 5.80. The van der Waals surface area contributed by atoms with Gasteiger partial charge in [0.2, 0.25) is 0 Å². The summed E-state index contributed by atoms with van der Waals surface area (Å²) in [6.07, 6.45) is 1.97. The van der Waals surface area contributed by atoms with Gasteiger partial charge < -0.3 is 20.3 Å². The van der Waals surface area contributed by atoms with Crippen LogP contribution < -0.4 is 5.73 Å². The Kier molecular flexibility index (Phi) is 4.99. The van der Waals surface area contributed by atoms with Gasteiger partial charge in [0, 0.05) is 38.4 Å². The first-order valence-electron chi connectivity index (χ1n) is 5.72. The van der Waals surface area contributed by atoms with E-state index in [2.05, 4.69) is 30.9 Å². The predicted molar refractivity (Wildman–Crippen MR) is 63.0 cm³/mol. The number of nitrogens with zero attached hydrogens (tertiary/aromatic N) is 2. The number of hydrogen-bond donors (Lipinski definition) is 1. The fourth-order valence-electron chi connectivity index (χ4n) is 1.92. The molecule has 0 bridgehead atoms. The topological polar surface area (TPSA) is 41.7 Å². The number of nitrogens with two attached hydrogens (primary N) is 1. The van der Waals surface area contributed by atoms with E-state index in [1.165, 1.54) is 0 Å². The van der Waals surface area contributed by atoms with Crippen molar-refractivity contribution in [1.29, 1.82) is 0 Å². The molecule has 0 aromatic rings. The van der Waals surface area contributed by atoms with E-state index in [0.717, 1.165) is 45.7 Å². The van der Waals surface area contributed by atoms with E-state index in [9.17, 15) is 0 Å². The fraction of sp³-hybridized carbons (Fsp3) is 1.00. The minimum atomic E-state index is -0.0285. The van der Waals surface area contributed by atoms with Crippen LogP contribution >= 0.6 is 0 Å². The molecule has 0 unspecified atom stereocenters. The van der Waals surface area contributed by atoms with Crippen molar-refractivity contribution in [2.24, 2.45) is 5.73 Å². The zero-order valence-electron chi connectivity index (χ0n) is 10.3. The van der Waals surface area contributed by atoms with E-state index in [1.807, 2.05) is 0 Å². The highest BCUT2D eigenvalue weighted by molar-refractivity contribution is 4.89. The van der Waals surface area contributed by atoms with Gasteiger partial charge in [0.05, 0.1) is 0 Å². The van der Waals surface area contributed by atoms with E-state index in [0.29, 0.717) is 0 Å². The van der Waals surface area contributed by atoms with Crippen molar-refractivity contribution in [2.45, 2.75) is 18.4 Å². The van der Waals surface area contributed by atoms with Gasteiger partial charge in [0.15, 0.2) is 0 Å². The lowest BCUT2D eigenvalue weighted by Crippen LogP contribution is -2.53. The maximum absolute atomic E-state index is 6.33. The molecule has 0 aromatic carbocycles. The highest BCUT2D eigenvalue weighted by atomic mass is 16.5. The molecule has 0 spiro atoms. The molecule has 0 saturated carbocycles. The molecule has 1 rings (SSSR count). The van der Waals surface area contributed by atoms with Gasteiger partial charge in [-0.15, -0.1) is 0 Å². The normalized spacial score (nSPS) is 21.2. The van der Waals surface area contributed by atoms with Crippen LogP contribution in [-0.4, -0.2) is 69.3 Å². The van der Waals surface area contributed by atoms with Crippen molar-refractivity contribution in [1.82, 2.24) is 9.80 Å². The van der Waals surface area contributed by atoms with Crippen LogP contribution in [0.2, 0.25) is 0 Å². The third-order valence-corrected chi connectivity index (χ3v) is 3.00. The van der Waals surface area contributed by atoms with Crippen LogP contribution in [0.1, 0.15) is 12.8 Å². The third kappa shape index (κ3) is 4.93. The van der Waals surface area contributed by atoms with E-state index in [-0.39, 0.29) is 5.54 Å². The smallest absolute Gasteiger partial charge is 0.0484 e. The Morgan fingerprint density at radius 1 is 1.13 bits per heavy atom. The lowest BCUT2D eigenvalue weighted by molar-refractivity contribution is 0.0405. The summed E-state index contributed by atoms with van der Waals surface area (Å²) >= 11 is 0. The van der Waals surface area contributed by atoms with E-state index >= 15 is 0 Å². The predicted octanol–water partition coefficient (Wildman–Crippen LogP) is -0.0123. The van der Waals surface area contributed by atoms with Gasteiger partial charge in [-0.1, -0.05) is 0 Å². The van der Waals surface area contributed by atoms with Crippen molar-refractivity contribution in [3.63, 3.8) is 0 Å². The molecule has 1 aliphatic heterocycles. The van der Waals surface area contributed by atoms with Crippen LogP contribution in [0.25, 0.3) is 0 Å². The monoisotopic (exact) mass is 215 g/mol. The summed E-state index contributed by atoms with van der Waals surface area (Å²) in [6, 6.07) is 0. The molecule has 0 aromatic heterocycles. The molecule has 4 heteroatoms. The Hall–Kier alpha value is -0.160. The fourth-order valence-corrected chi connectivity index (χ4v) is 1.92. The maximum Gasteiger partial charge on any atom is 0.0484 e. The maximum atomic E-state index is 6.33. The van der Waals surface area contributed by atoms with E-state index in [4.69, 9.17) is 10.5 Å². The summed E-state index contributed by atoms with van der Waals surface area (Å²) in [7, 11) is 6.34. The standard InChI is InChI=1S/C11H25N3O/c1-13(2)6-7-14(3)10-11(12)4-8-15-9-5-11/h4-10,12H2,1-3H3. The van der Waals surface area contributed by atoms with Crippen molar-refractivity contribution >= 4 is 0 Å². The highest BCUT2D eigenvalue weighted by Crippen LogP contribution is 2.18. The van der Waals surface area contributed by atoms with Crippen LogP contribution in [0.4, 0.5) is 0 Å². The summed E-state index contributed by atoms with van der Waals surface area (Å²) in [5, 5.41) is 0. The van der Waals surface area contributed by atoms with Gasteiger partial charge in [0.25, 0.3) is 0 Å². The Morgan fingerprint density at radius 3 is 2.27 bits per heavy atom. The molecule has 0 aliphatic carbocycles. The summed E-state index contributed by atoms with van der Waals surface area (Å²) < 4.78 is 5.34. The van der Waals surface area contributed by atoms with Gasteiger partial charge in [-0.2, -0.15) is 0 Å². The van der Waals surface area contributed by atoms with Gasteiger partial charge in [-0.05, 0) is 34.0 Å². The lowest BCUT2D eigenvalue weighted by atomic mass is 9.91. The zero-order valence-corrected chi connectivity index (χ0v) is 10.3. The average molecular weight is 215 g/mol. The third-order valence-electron chi connectivity index (χ3n) is 3.00. The van der Waals surface area contributed by atoms with Crippen molar-refractivity contribution in [3.05, 3.63) is 0 Å². The van der Waals surface area contributed by atoms with E-state index in [1.54, 1.807) is 0 Å². The molecule has 4 nitrogen and oxygen atoms in total. The second-order valence-corrected chi connectivity index (χ2v) is 5.02. The number of ether oxygens (including phenoxy) is 1. The Labute approximate surface area is 93.4 Å². The van der Waals surface area contributed by atoms with Gasteiger partial charge in [-0.3, -0.25) is 0 Å². The Morgan fingerprint density at radius 2 is 1.73 bits per heavy atom. The first kappa shape index (κ1) is 12.9. The van der Waals surface area contributed by atoms with Crippen molar-refractivity contribution < 1.29 is 4.74 Å². The molecule has 0 atom stereocenters. The molecule has 2 N–H and O–H groups in total. The van der Waals surface area contributed by atoms with Crippen molar-refractivity contribution in [2.75, 3.05) is 54.0 Å². The minimum Gasteiger partial charge on any atom is -0.381 e. The molecule has 0 radical (unpaired) electrons. The molecule has 1 saturated heterocycles. The van der Waals surface area contributed by atoms with Crippen LogP contribution in [0, 0.1) is 0 Å². The highest BCUT2D eigenvalue weighted by Gasteiger charge is 2.28. The summed E-state index contributed by atoms with van der Waals surface area (Å²) in [5.74, 6) is 0. The first-order valence-corrected chi connectivity index (χ1v) is 5.72. The zero-order chi connectivity index (χ0) is 11.3. The van der Waals surface area contributed by atoms with Crippen LogP contribution in [0.5, 0.6) is 0 Å². The van der Waals surface area contributed by atoms with Crippen LogP contribution in [-0.2, 0) is 4.74 Å². The molecule has 1 heterocycles. The SMILES string of the molecule is CN(C)CCN(C)CC1(N)CCOCC1.